The Kier molecular flexibility index (Phi) is 6.30. The van der Waals surface area contributed by atoms with Gasteiger partial charge in [0.15, 0.2) is 6.10 Å². The number of non-ortho nitro benzene ring substituents is 1. The summed E-state index contributed by atoms with van der Waals surface area (Å²) in [5.74, 6) is -2.26. The molecule has 0 aliphatic heterocycles. The number of carbonyl (C=O) groups excluding carboxylic acids is 2. The van der Waals surface area contributed by atoms with Gasteiger partial charge in [-0.05, 0) is 31.2 Å². The van der Waals surface area contributed by atoms with Crippen LogP contribution in [0.3, 0.4) is 0 Å². The fourth-order valence-corrected chi connectivity index (χ4v) is 2.24. The molecular formula is C17H14ClFN2O6. The lowest BCUT2D eigenvalue weighted by atomic mass is 10.1. The molecule has 0 saturated carbocycles. The fourth-order valence-electron chi connectivity index (χ4n) is 2.06. The summed E-state index contributed by atoms with van der Waals surface area (Å²) in [5.41, 5.74) is -0.320. The first-order valence-corrected chi connectivity index (χ1v) is 7.90. The molecule has 0 aromatic heterocycles. The number of hydrogen-bond acceptors (Lipinski definition) is 6. The summed E-state index contributed by atoms with van der Waals surface area (Å²) in [6.07, 6.45) is -1.25. The van der Waals surface area contributed by atoms with E-state index in [1.165, 1.54) is 38.3 Å². The largest absolute Gasteiger partial charge is 0.496 e. The zero-order chi connectivity index (χ0) is 20.1. The van der Waals surface area contributed by atoms with E-state index in [4.69, 9.17) is 21.1 Å². The van der Waals surface area contributed by atoms with Gasteiger partial charge in [-0.25, -0.2) is 9.18 Å². The summed E-state index contributed by atoms with van der Waals surface area (Å²) in [6, 6.07) is 6.97. The first-order chi connectivity index (χ1) is 12.7. The first kappa shape index (κ1) is 20.1. The zero-order valence-corrected chi connectivity index (χ0v) is 15.0. The summed E-state index contributed by atoms with van der Waals surface area (Å²) < 4.78 is 23.2. The predicted molar refractivity (Wildman–Crippen MR) is 94.6 cm³/mol. The molecular weight excluding hydrogens is 383 g/mol. The van der Waals surface area contributed by atoms with Crippen molar-refractivity contribution >= 4 is 34.9 Å². The molecule has 2 aromatic carbocycles. The molecule has 0 unspecified atom stereocenters. The van der Waals surface area contributed by atoms with Crippen LogP contribution in [0.4, 0.5) is 15.8 Å². The number of hydrogen-bond donors (Lipinski definition) is 1. The summed E-state index contributed by atoms with van der Waals surface area (Å²) >= 11 is 5.63. The van der Waals surface area contributed by atoms with Crippen LogP contribution in [-0.4, -0.2) is 30.0 Å². The molecule has 0 heterocycles. The minimum atomic E-state index is -1.25. The smallest absolute Gasteiger partial charge is 0.342 e. The topological polar surface area (TPSA) is 108 Å². The van der Waals surface area contributed by atoms with Gasteiger partial charge in [-0.2, -0.15) is 0 Å². The van der Waals surface area contributed by atoms with Crippen molar-refractivity contribution in [2.75, 3.05) is 12.4 Å². The van der Waals surface area contributed by atoms with E-state index in [1.807, 2.05) is 0 Å². The highest BCUT2D eigenvalue weighted by Crippen LogP contribution is 2.25. The molecule has 2 rings (SSSR count). The second kappa shape index (κ2) is 8.45. The van der Waals surface area contributed by atoms with Crippen molar-refractivity contribution in [1.29, 1.82) is 0 Å². The number of nitrogens with one attached hydrogen (secondary N) is 1. The minimum absolute atomic E-state index is 0.0588. The monoisotopic (exact) mass is 396 g/mol. The quantitative estimate of drug-likeness (QED) is 0.454. The van der Waals surface area contributed by atoms with Crippen molar-refractivity contribution in [2.45, 2.75) is 13.0 Å². The predicted octanol–water partition coefficient (Wildman–Crippen LogP) is 3.58. The van der Waals surface area contributed by atoms with Crippen molar-refractivity contribution in [1.82, 2.24) is 0 Å². The maximum atomic E-state index is 13.1. The van der Waals surface area contributed by atoms with E-state index in [-0.39, 0.29) is 27.7 Å². The van der Waals surface area contributed by atoms with Crippen molar-refractivity contribution < 1.29 is 28.4 Å². The molecule has 1 N–H and O–H groups in total. The van der Waals surface area contributed by atoms with Crippen LogP contribution in [0.25, 0.3) is 0 Å². The molecule has 1 atom stereocenters. The van der Waals surface area contributed by atoms with Gasteiger partial charge in [-0.15, -0.1) is 0 Å². The molecule has 0 bridgehead atoms. The number of esters is 1. The molecule has 27 heavy (non-hydrogen) atoms. The molecule has 0 aliphatic carbocycles. The maximum absolute atomic E-state index is 13.1. The van der Waals surface area contributed by atoms with Gasteiger partial charge < -0.3 is 14.8 Å². The van der Waals surface area contributed by atoms with E-state index in [9.17, 15) is 24.1 Å². The summed E-state index contributed by atoms with van der Waals surface area (Å²) in [4.78, 5) is 34.6. The highest BCUT2D eigenvalue weighted by molar-refractivity contribution is 6.31. The molecule has 0 radical (unpaired) electrons. The second-order valence-electron chi connectivity index (χ2n) is 5.31. The van der Waals surface area contributed by atoms with Crippen molar-refractivity contribution in [3.05, 3.63) is 62.9 Å². The molecule has 2 aromatic rings. The Bertz CT molecular complexity index is 905. The molecule has 0 spiro atoms. The zero-order valence-electron chi connectivity index (χ0n) is 14.2. The molecule has 10 heteroatoms. The SMILES string of the molecule is COc1ccc([N+](=O)[O-])cc1C(=O)O[C@@H](C)C(=O)Nc1ccc(F)c(Cl)c1. The number of anilines is 1. The standard InChI is InChI=1S/C17H14ClFN2O6/c1-9(16(22)20-10-3-5-14(19)13(18)7-10)27-17(23)12-8-11(21(24)25)4-6-15(12)26-2/h3-9H,1-2H3,(H,20,22)/t9-/m0/s1. The molecule has 8 nitrogen and oxygen atoms in total. The van der Waals surface area contributed by atoms with Crippen LogP contribution in [0.2, 0.25) is 5.02 Å². The fraction of sp³-hybridized carbons (Fsp3) is 0.176. The number of carbonyl (C=O) groups is 2. The number of ether oxygens (including phenoxy) is 2. The second-order valence-corrected chi connectivity index (χ2v) is 5.71. The lowest BCUT2D eigenvalue weighted by Crippen LogP contribution is -2.30. The van der Waals surface area contributed by atoms with Gasteiger partial charge in [0.2, 0.25) is 0 Å². The molecule has 0 aliphatic rings. The van der Waals surface area contributed by atoms with Crippen LogP contribution in [0.1, 0.15) is 17.3 Å². The van der Waals surface area contributed by atoms with E-state index in [2.05, 4.69) is 5.32 Å². The molecule has 0 fully saturated rings. The molecule has 142 valence electrons. The van der Waals surface area contributed by atoms with Crippen LogP contribution < -0.4 is 10.1 Å². The van der Waals surface area contributed by atoms with Crippen molar-refractivity contribution in [2.24, 2.45) is 0 Å². The van der Waals surface area contributed by atoms with E-state index >= 15 is 0 Å². The highest BCUT2D eigenvalue weighted by atomic mass is 35.5. The van der Waals surface area contributed by atoms with E-state index in [1.54, 1.807) is 0 Å². The number of amides is 1. The lowest BCUT2D eigenvalue weighted by Gasteiger charge is -2.15. The van der Waals surface area contributed by atoms with Gasteiger partial charge in [-0.3, -0.25) is 14.9 Å². The van der Waals surface area contributed by atoms with Crippen LogP contribution in [0, 0.1) is 15.9 Å². The summed E-state index contributed by atoms with van der Waals surface area (Å²) in [5, 5.41) is 13.1. The van der Waals surface area contributed by atoms with Crippen molar-refractivity contribution in [3.8, 4) is 5.75 Å². The third kappa shape index (κ3) is 4.91. The third-order valence-corrected chi connectivity index (χ3v) is 3.74. The molecule has 1 amide bonds. The Morgan fingerprint density at radius 2 is 1.96 bits per heavy atom. The van der Waals surface area contributed by atoms with Gasteiger partial charge in [0.1, 0.15) is 17.1 Å². The number of halogens is 2. The minimum Gasteiger partial charge on any atom is -0.496 e. The summed E-state index contributed by atoms with van der Waals surface area (Å²) in [7, 11) is 1.28. The number of methoxy groups -OCH3 is 1. The van der Waals surface area contributed by atoms with Gasteiger partial charge in [0.25, 0.3) is 11.6 Å². The Morgan fingerprint density at radius 3 is 2.56 bits per heavy atom. The summed E-state index contributed by atoms with van der Waals surface area (Å²) in [6.45, 7) is 1.31. The number of nitrogens with zero attached hydrogens (tertiary/aromatic N) is 1. The number of benzene rings is 2. The first-order valence-electron chi connectivity index (χ1n) is 7.52. The number of nitro groups is 1. The highest BCUT2D eigenvalue weighted by Gasteiger charge is 2.24. The lowest BCUT2D eigenvalue weighted by molar-refractivity contribution is -0.384. The van der Waals surface area contributed by atoms with E-state index < -0.39 is 28.7 Å². The maximum Gasteiger partial charge on any atom is 0.342 e. The average molecular weight is 397 g/mol. The Hall–Kier alpha value is -3.20. The Labute approximate surface area is 158 Å². The van der Waals surface area contributed by atoms with Crippen molar-refractivity contribution in [3.63, 3.8) is 0 Å². The third-order valence-electron chi connectivity index (χ3n) is 3.45. The number of rotatable bonds is 6. The normalized spacial score (nSPS) is 11.4. The van der Waals surface area contributed by atoms with Gasteiger partial charge in [0, 0.05) is 17.8 Å². The Balaban J connectivity index is 2.12. The average Bonchev–Trinajstić information content (AvgIpc) is 2.63. The van der Waals surface area contributed by atoms with Gasteiger partial charge in [-0.1, -0.05) is 11.6 Å². The van der Waals surface area contributed by atoms with Gasteiger partial charge in [0.05, 0.1) is 17.1 Å². The van der Waals surface area contributed by atoms with E-state index in [0.29, 0.717) is 0 Å². The Morgan fingerprint density at radius 1 is 1.26 bits per heavy atom. The number of nitro benzene ring substituents is 1. The van der Waals surface area contributed by atoms with Crippen LogP contribution in [-0.2, 0) is 9.53 Å². The van der Waals surface area contributed by atoms with Gasteiger partial charge >= 0.3 is 5.97 Å². The van der Waals surface area contributed by atoms with Crippen LogP contribution >= 0.6 is 11.6 Å². The molecule has 0 saturated heterocycles. The van der Waals surface area contributed by atoms with E-state index in [0.717, 1.165) is 12.1 Å². The van der Waals surface area contributed by atoms with Crippen LogP contribution in [0.15, 0.2) is 36.4 Å². The van der Waals surface area contributed by atoms with Crippen LogP contribution in [0.5, 0.6) is 5.75 Å².